The van der Waals surface area contributed by atoms with Gasteiger partial charge in [-0.15, -0.1) is 0 Å². The first-order valence-corrected chi connectivity index (χ1v) is 14.7. The summed E-state index contributed by atoms with van der Waals surface area (Å²) in [5.74, 6) is 0.909. The fourth-order valence-electron chi connectivity index (χ4n) is 7.97. The summed E-state index contributed by atoms with van der Waals surface area (Å²) in [5.41, 5.74) is -1.60. The first-order valence-electron chi connectivity index (χ1n) is 14.7. The Bertz CT molecular complexity index is 698. The summed E-state index contributed by atoms with van der Waals surface area (Å²) >= 11 is 0. The third-order valence-electron chi connectivity index (χ3n) is 9.82. The van der Waals surface area contributed by atoms with Crippen LogP contribution in [0.5, 0.6) is 0 Å². The van der Waals surface area contributed by atoms with Gasteiger partial charge in [0.1, 0.15) is 19.2 Å². The molecule has 6 aliphatic carbocycles. The molecule has 0 amide bonds. The smallest absolute Gasteiger partial charge is 0.338 e. The Hall–Kier alpha value is -0.690. The zero-order valence-electron chi connectivity index (χ0n) is 22.2. The van der Waals surface area contributed by atoms with Gasteiger partial charge in [-0.1, -0.05) is 45.4 Å². The summed E-state index contributed by atoms with van der Waals surface area (Å²) in [5, 5.41) is 0. The van der Waals surface area contributed by atoms with Crippen LogP contribution >= 0.6 is 0 Å². The van der Waals surface area contributed by atoms with Crippen molar-refractivity contribution in [1.29, 1.82) is 0 Å². The van der Waals surface area contributed by atoms with Gasteiger partial charge in [0.2, 0.25) is 0 Å². The van der Waals surface area contributed by atoms with Gasteiger partial charge in [0.25, 0.3) is 0 Å². The predicted molar refractivity (Wildman–Crippen MR) is 133 cm³/mol. The van der Waals surface area contributed by atoms with E-state index in [9.17, 15) is 4.79 Å². The summed E-state index contributed by atoms with van der Waals surface area (Å²) in [6.07, 6.45) is 19.4. The number of esters is 1. The van der Waals surface area contributed by atoms with E-state index < -0.39 is 11.2 Å². The van der Waals surface area contributed by atoms with E-state index in [0.717, 1.165) is 57.8 Å². The van der Waals surface area contributed by atoms with Crippen molar-refractivity contribution < 1.29 is 28.5 Å². The number of hydrogen-bond donors (Lipinski definition) is 0. The highest BCUT2D eigenvalue weighted by Crippen LogP contribution is 2.60. The van der Waals surface area contributed by atoms with Gasteiger partial charge in [-0.3, -0.25) is 0 Å². The average molecular weight is 493 g/mol. The van der Waals surface area contributed by atoms with Gasteiger partial charge < -0.3 is 23.7 Å². The number of carbonyl (C=O) groups is 1. The van der Waals surface area contributed by atoms with Crippen molar-refractivity contribution in [2.45, 2.75) is 152 Å². The summed E-state index contributed by atoms with van der Waals surface area (Å²) in [6.45, 7) is 4.40. The topological polar surface area (TPSA) is 63.2 Å². The molecular formula is C29H48O6. The summed E-state index contributed by atoms with van der Waals surface area (Å²) in [7, 11) is 0. The number of carbonyl (C=O) groups excluding carboxylic acids is 1. The van der Waals surface area contributed by atoms with Crippen LogP contribution in [0, 0.1) is 11.8 Å². The largest absolute Gasteiger partial charge is 0.457 e. The van der Waals surface area contributed by atoms with Crippen LogP contribution in [-0.2, 0) is 28.5 Å². The zero-order chi connectivity index (χ0) is 24.4. The van der Waals surface area contributed by atoms with Gasteiger partial charge in [0, 0.05) is 6.42 Å². The number of rotatable bonds is 11. The van der Waals surface area contributed by atoms with Crippen molar-refractivity contribution in [2.75, 3.05) is 13.6 Å². The minimum absolute atomic E-state index is 0.161. The quantitative estimate of drug-likeness (QED) is 0.244. The molecular weight excluding hydrogens is 444 g/mol. The van der Waals surface area contributed by atoms with Crippen molar-refractivity contribution in [3.8, 4) is 0 Å². The molecule has 3 unspecified atom stereocenters. The normalized spacial score (nSPS) is 37.3. The molecule has 35 heavy (non-hydrogen) atoms. The van der Waals surface area contributed by atoms with Crippen LogP contribution in [-0.4, -0.2) is 48.6 Å². The molecule has 0 radical (unpaired) electrons. The van der Waals surface area contributed by atoms with Gasteiger partial charge in [-0.2, -0.15) is 0 Å². The average Bonchev–Trinajstić information content (AvgIpc) is 2.84. The molecule has 3 atom stereocenters. The van der Waals surface area contributed by atoms with E-state index in [-0.39, 0.29) is 24.5 Å². The van der Waals surface area contributed by atoms with E-state index in [1.165, 1.54) is 44.9 Å². The second-order valence-corrected chi connectivity index (χ2v) is 12.7. The number of hydrogen-bond acceptors (Lipinski definition) is 6. The van der Waals surface area contributed by atoms with Gasteiger partial charge in [0.15, 0.2) is 5.60 Å². The third-order valence-corrected chi connectivity index (χ3v) is 9.82. The maximum absolute atomic E-state index is 13.5. The molecule has 6 saturated carbocycles. The molecule has 0 heterocycles. The number of ether oxygens (including phenoxy) is 5. The minimum Gasteiger partial charge on any atom is -0.457 e. The lowest BCUT2D eigenvalue weighted by molar-refractivity contribution is -0.267. The molecule has 0 aromatic rings. The minimum atomic E-state index is -0.976. The van der Waals surface area contributed by atoms with Crippen LogP contribution < -0.4 is 0 Å². The molecule has 0 aromatic heterocycles. The highest BCUT2D eigenvalue weighted by Gasteiger charge is 2.61. The highest BCUT2D eigenvalue weighted by molar-refractivity contribution is 5.79. The van der Waals surface area contributed by atoms with E-state index in [1.807, 2.05) is 13.8 Å². The zero-order valence-corrected chi connectivity index (χ0v) is 22.2. The van der Waals surface area contributed by atoms with E-state index in [0.29, 0.717) is 31.2 Å². The Balaban J connectivity index is 1.17. The van der Waals surface area contributed by atoms with Crippen molar-refractivity contribution in [1.82, 2.24) is 0 Å². The van der Waals surface area contributed by atoms with Gasteiger partial charge in [0.05, 0.1) is 17.8 Å². The summed E-state index contributed by atoms with van der Waals surface area (Å²) < 4.78 is 31.1. The Morgan fingerprint density at radius 2 is 1.34 bits per heavy atom. The molecule has 6 aliphatic rings. The second-order valence-electron chi connectivity index (χ2n) is 12.7. The molecule has 6 rings (SSSR count). The van der Waals surface area contributed by atoms with Crippen molar-refractivity contribution >= 4 is 5.97 Å². The van der Waals surface area contributed by atoms with Gasteiger partial charge in [-0.05, 0) is 83.0 Å². The van der Waals surface area contributed by atoms with Crippen molar-refractivity contribution in [3.63, 3.8) is 0 Å². The van der Waals surface area contributed by atoms with E-state index in [2.05, 4.69) is 0 Å². The molecule has 0 N–H and O–H groups in total. The highest BCUT2D eigenvalue weighted by atomic mass is 16.7. The van der Waals surface area contributed by atoms with Crippen LogP contribution in [0.25, 0.3) is 0 Å². The standard InChI is InChI=1S/C29H48O6/c1-3-27(2,33-20-31-24-10-6-4-7-11-24)26(30)35-29-17-22-14-23(18-29)16-28(15-22,19-29)34-21-32-25-12-8-5-9-13-25/h22-25H,3-21H2,1-2H3. The lowest BCUT2D eigenvalue weighted by Gasteiger charge is -2.60. The molecule has 6 fully saturated rings. The van der Waals surface area contributed by atoms with Gasteiger partial charge in [-0.25, -0.2) is 4.79 Å². The molecule has 200 valence electrons. The lowest BCUT2D eigenvalue weighted by Crippen LogP contribution is -2.62. The molecule has 0 saturated heterocycles. The predicted octanol–water partition coefficient (Wildman–Crippen LogP) is 6.44. The summed E-state index contributed by atoms with van der Waals surface area (Å²) in [4.78, 5) is 13.5. The van der Waals surface area contributed by atoms with Crippen molar-refractivity contribution in [3.05, 3.63) is 0 Å². The third kappa shape index (κ3) is 6.08. The van der Waals surface area contributed by atoms with Crippen molar-refractivity contribution in [2.24, 2.45) is 11.8 Å². The first kappa shape index (κ1) is 25.9. The van der Waals surface area contributed by atoms with Crippen LogP contribution in [0.15, 0.2) is 0 Å². The lowest BCUT2D eigenvalue weighted by atomic mass is 9.52. The van der Waals surface area contributed by atoms with Crippen LogP contribution in [0.4, 0.5) is 0 Å². The molecule has 0 aliphatic heterocycles. The van der Waals surface area contributed by atoms with E-state index >= 15 is 0 Å². The Morgan fingerprint density at radius 1 is 0.800 bits per heavy atom. The first-order chi connectivity index (χ1) is 16.9. The summed E-state index contributed by atoms with van der Waals surface area (Å²) in [6, 6.07) is 0. The molecule has 0 spiro atoms. The monoisotopic (exact) mass is 492 g/mol. The maximum atomic E-state index is 13.5. The Morgan fingerprint density at radius 3 is 1.91 bits per heavy atom. The molecule has 6 heteroatoms. The van der Waals surface area contributed by atoms with Crippen LogP contribution in [0.2, 0.25) is 0 Å². The Labute approximate surface area is 212 Å². The SMILES string of the molecule is CCC(C)(OCOC1CCCCC1)C(=O)OC12CC3CC(CC(OCOC4CCCCC4)(C3)C1)C2. The van der Waals surface area contributed by atoms with Crippen LogP contribution in [0.1, 0.15) is 123 Å². The van der Waals surface area contributed by atoms with E-state index in [1.54, 1.807) is 0 Å². The molecule has 0 aromatic carbocycles. The Kier molecular flexibility index (Phi) is 8.13. The molecule has 6 nitrogen and oxygen atoms in total. The molecule has 4 bridgehead atoms. The van der Waals surface area contributed by atoms with Gasteiger partial charge >= 0.3 is 5.97 Å². The fourth-order valence-corrected chi connectivity index (χ4v) is 7.97. The maximum Gasteiger partial charge on any atom is 0.338 e. The van der Waals surface area contributed by atoms with E-state index in [4.69, 9.17) is 23.7 Å². The fraction of sp³-hybridized carbons (Fsp3) is 0.966. The second kappa shape index (κ2) is 11.0. The van der Waals surface area contributed by atoms with Crippen LogP contribution in [0.3, 0.4) is 0 Å².